The van der Waals surface area contributed by atoms with Gasteiger partial charge in [0.15, 0.2) is 23.1 Å². The topological polar surface area (TPSA) is 187 Å². The molecule has 0 amide bonds. The number of phenols is 3. The number of methoxy groups -OCH3 is 1. The zero-order chi connectivity index (χ0) is 67.6. The van der Waals surface area contributed by atoms with Crippen molar-refractivity contribution in [2.75, 3.05) is 105 Å². The quantitative estimate of drug-likeness (QED) is 0.0428. The lowest BCUT2D eigenvalue weighted by Gasteiger charge is -2.32. The highest BCUT2D eigenvalue weighted by molar-refractivity contribution is 6.09. The van der Waals surface area contributed by atoms with Gasteiger partial charge in [-0.25, -0.2) is 0 Å². The molecule has 0 saturated carbocycles. The van der Waals surface area contributed by atoms with E-state index >= 15 is 0 Å². The fourth-order valence-corrected chi connectivity index (χ4v) is 11.5. The van der Waals surface area contributed by atoms with Crippen molar-refractivity contribution < 1.29 is 44.4 Å². The Bertz CT molecular complexity index is 3930. The highest BCUT2D eigenvalue weighted by atomic mass is 16.5. The molecule has 4 heterocycles. The van der Waals surface area contributed by atoms with Crippen molar-refractivity contribution in [1.29, 1.82) is 0 Å². The maximum absolute atomic E-state index is 12.4. The summed E-state index contributed by atoms with van der Waals surface area (Å²) in [6.45, 7) is 15.4. The monoisotopic (exact) mass is 1290 g/mol. The number of carbonyl (C=O) groups is 4. The fourth-order valence-electron chi connectivity index (χ4n) is 11.5. The van der Waals surface area contributed by atoms with Crippen molar-refractivity contribution in [3.8, 4) is 23.0 Å². The lowest BCUT2D eigenvalue weighted by Crippen LogP contribution is -2.44. The molecule has 15 nitrogen and oxygen atoms in total. The number of allylic oxidation sites excluding steroid dienone is 4. The highest BCUT2D eigenvalue weighted by Crippen LogP contribution is 2.27. The first-order valence-electron chi connectivity index (χ1n) is 33.1. The van der Waals surface area contributed by atoms with Crippen molar-refractivity contribution in [3.05, 3.63) is 262 Å². The van der Waals surface area contributed by atoms with E-state index in [9.17, 15) is 39.7 Å². The summed E-state index contributed by atoms with van der Waals surface area (Å²) in [5, 5.41) is 42.3. The molecule has 15 heteroatoms. The molecule has 0 aliphatic carbocycles. The first kappa shape index (κ1) is 70.0. The minimum atomic E-state index is -0.299. The second-order valence-corrected chi connectivity index (χ2v) is 24.2. The number of benzene rings is 8. The van der Waals surface area contributed by atoms with Crippen molar-refractivity contribution in [3.63, 3.8) is 0 Å². The Morgan fingerprint density at radius 2 is 0.760 bits per heavy atom. The van der Waals surface area contributed by atoms with Gasteiger partial charge in [0.1, 0.15) is 23.0 Å². The Kier molecular flexibility index (Phi) is 26.1. The van der Waals surface area contributed by atoms with Crippen LogP contribution < -0.4 is 29.7 Å². The van der Waals surface area contributed by atoms with Crippen LogP contribution in [0.4, 0.5) is 22.7 Å². The number of hydroxylamine groups is 2. The molecule has 4 fully saturated rings. The third kappa shape index (κ3) is 21.4. The molecule has 4 aliphatic heterocycles. The number of hydrogen-bond acceptors (Lipinski definition) is 15. The van der Waals surface area contributed by atoms with Gasteiger partial charge in [-0.15, -0.1) is 0 Å². The van der Waals surface area contributed by atoms with Crippen LogP contribution in [0.3, 0.4) is 0 Å². The van der Waals surface area contributed by atoms with Gasteiger partial charge in [-0.2, -0.15) is 5.06 Å². The van der Waals surface area contributed by atoms with Crippen LogP contribution in [-0.2, 0) is 0 Å². The highest BCUT2D eigenvalue weighted by Gasteiger charge is 2.18. The number of piperazine rings is 2. The number of phenolic OH excluding ortho intramolecular Hbond substituents is 3. The average molecular weight is 1290 g/mol. The second-order valence-electron chi connectivity index (χ2n) is 24.2. The normalized spacial score (nSPS) is 15.1. The number of aryl methyl sites for hydroxylation is 2. The number of piperidine rings is 2. The molecule has 8 aromatic carbocycles. The molecule has 0 aromatic heterocycles. The number of carbonyl (C=O) groups excluding carboxylic acids is 4. The molecular weight excluding hydrogens is 1200 g/mol. The van der Waals surface area contributed by atoms with Crippen molar-refractivity contribution in [2.24, 2.45) is 0 Å². The predicted molar refractivity (Wildman–Crippen MR) is 389 cm³/mol. The molecule has 5 N–H and O–H groups in total. The van der Waals surface area contributed by atoms with Gasteiger partial charge < -0.3 is 50.2 Å². The van der Waals surface area contributed by atoms with Gasteiger partial charge in [0.25, 0.3) is 0 Å². The summed E-state index contributed by atoms with van der Waals surface area (Å²) in [7, 11) is 1.64. The molecule has 0 bridgehead atoms. The van der Waals surface area contributed by atoms with Gasteiger partial charge in [0, 0.05) is 130 Å². The van der Waals surface area contributed by atoms with E-state index in [1.54, 1.807) is 43.5 Å². The fraction of sp³-hybridized carbons (Fsp3) is 0.259. The van der Waals surface area contributed by atoms with E-state index in [1.165, 1.54) is 96.6 Å². The first-order valence-corrected chi connectivity index (χ1v) is 33.1. The SMILES string of the molecule is COc1cc(C)ccc1/C=C/C(=O)c1ccc(N2CCNCC2)cc1.Cc1ccc(/C=C/C(=O)c2ccc(N3CCN(O)CC3)cc2)cc1.O=C(/C=C/c1ccc(N2CCCCC2)cc1)c1ccc(O)cc1.O=C(/C=C/c1ccc(N2CCCCC2)cc1)c1ccc(O)cc1O. The van der Waals surface area contributed by atoms with Crippen LogP contribution >= 0.6 is 0 Å². The van der Waals surface area contributed by atoms with Crippen LogP contribution in [0.2, 0.25) is 0 Å². The van der Waals surface area contributed by atoms with Gasteiger partial charge in [0.05, 0.1) is 12.7 Å². The van der Waals surface area contributed by atoms with Crippen LogP contribution in [-0.4, -0.2) is 134 Å². The number of ketones is 4. The van der Waals surface area contributed by atoms with E-state index in [0.717, 1.165) is 111 Å². The number of aromatic hydroxyl groups is 3. The van der Waals surface area contributed by atoms with E-state index < -0.39 is 0 Å². The van der Waals surface area contributed by atoms with Gasteiger partial charge in [-0.1, -0.05) is 84.5 Å². The molecule has 0 radical (unpaired) electrons. The molecule has 496 valence electrons. The van der Waals surface area contributed by atoms with Crippen molar-refractivity contribution in [2.45, 2.75) is 52.4 Å². The van der Waals surface area contributed by atoms with Crippen LogP contribution in [0.5, 0.6) is 23.0 Å². The molecular formula is C81H88N6O9. The van der Waals surface area contributed by atoms with Crippen LogP contribution in [0.25, 0.3) is 24.3 Å². The van der Waals surface area contributed by atoms with E-state index in [4.69, 9.17) is 4.74 Å². The summed E-state index contributed by atoms with van der Waals surface area (Å²) in [4.78, 5) is 58.2. The zero-order valence-electron chi connectivity index (χ0n) is 55.2. The summed E-state index contributed by atoms with van der Waals surface area (Å²) >= 11 is 0. The van der Waals surface area contributed by atoms with E-state index in [-0.39, 0.29) is 45.9 Å². The summed E-state index contributed by atoms with van der Waals surface area (Å²) in [6.07, 6.45) is 21.1. The Labute approximate surface area is 564 Å². The van der Waals surface area contributed by atoms with Gasteiger partial charge in [0.2, 0.25) is 0 Å². The molecule has 0 unspecified atom stereocenters. The number of rotatable bonds is 17. The van der Waals surface area contributed by atoms with Crippen LogP contribution in [0.1, 0.15) is 113 Å². The number of nitrogens with one attached hydrogen (secondary N) is 1. The van der Waals surface area contributed by atoms with Gasteiger partial charge >= 0.3 is 0 Å². The number of ether oxygens (including phenoxy) is 1. The summed E-state index contributed by atoms with van der Waals surface area (Å²) in [5.74, 6) is 0.290. The number of nitrogens with zero attached hydrogens (tertiary/aromatic N) is 5. The molecule has 4 saturated heterocycles. The maximum atomic E-state index is 12.4. The summed E-state index contributed by atoms with van der Waals surface area (Å²) in [6, 6.07) is 56.3. The molecule has 12 rings (SSSR count). The van der Waals surface area contributed by atoms with Gasteiger partial charge in [-0.3, -0.25) is 19.2 Å². The molecule has 0 spiro atoms. The zero-order valence-corrected chi connectivity index (χ0v) is 55.2. The molecule has 96 heavy (non-hydrogen) atoms. The minimum absolute atomic E-state index is 0.00213. The van der Waals surface area contributed by atoms with Gasteiger partial charge in [-0.05, 0) is 220 Å². The molecule has 8 aromatic rings. The van der Waals surface area contributed by atoms with E-state index in [2.05, 4.69) is 49.2 Å². The van der Waals surface area contributed by atoms with Crippen molar-refractivity contribution >= 4 is 70.2 Å². The van der Waals surface area contributed by atoms with Crippen LogP contribution in [0.15, 0.2) is 206 Å². The lowest BCUT2D eigenvalue weighted by molar-refractivity contribution is -0.0935. The van der Waals surface area contributed by atoms with E-state index in [1.807, 2.05) is 147 Å². The Morgan fingerprint density at radius 1 is 0.385 bits per heavy atom. The Morgan fingerprint density at radius 3 is 1.21 bits per heavy atom. The molecule has 4 aliphatic rings. The summed E-state index contributed by atoms with van der Waals surface area (Å²) < 4.78 is 5.37. The van der Waals surface area contributed by atoms with Crippen molar-refractivity contribution in [1.82, 2.24) is 10.4 Å². The number of hydrogen-bond donors (Lipinski definition) is 5. The minimum Gasteiger partial charge on any atom is -0.508 e. The maximum Gasteiger partial charge on any atom is 0.189 e. The predicted octanol–water partition coefficient (Wildman–Crippen LogP) is 15.0. The number of anilines is 4. The first-order chi connectivity index (χ1) is 46.6. The Hall–Kier alpha value is -10.3. The Balaban J connectivity index is 0.000000150. The molecule has 0 atom stereocenters. The third-order valence-corrected chi connectivity index (χ3v) is 17.2. The standard InChI is InChI=1S/C21H24N2O2.C20H22N2O2.C20H21NO3.C20H21NO2/c1-16-3-4-18(21(15-16)25-2)7-10-20(24)17-5-8-19(9-6-17)23-13-11-22-12-14-23;1-16-2-4-17(5-3-16)6-11-20(23)18-7-9-19(10-8-18)21-12-14-22(24)15-13-21;22-17-9-10-18(20(24)14-17)19(23)11-6-15-4-7-16(8-5-15)21-12-2-1-3-13-21;22-19-11-7-17(8-12-19)20(23)13-6-16-4-9-18(10-5-16)21-14-2-1-3-15-21/h3-10,15,22H,11-14H2,1-2H3;2-11,24H,12-15H2,1H3;4-11,14,22,24H,1-3,12-13H2;4-13,22H,1-3,14-15H2/b10-7+;2*11-6+;13-6+. The smallest absolute Gasteiger partial charge is 0.189 e. The lowest BCUT2D eigenvalue weighted by atomic mass is 10.1. The largest absolute Gasteiger partial charge is 0.508 e. The third-order valence-electron chi connectivity index (χ3n) is 17.2. The average Bonchev–Trinajstić information content (AvgIpc) is 1.05. The van der Waals surface area contributed by atoms with E-state index in [0.29, 0.717) is 29.8 Å². The summed E-state index contributed by atoms with van der Waals surface area (Å²) in [5.41, 5.74) is 13.1. The second kappa shape index (κ2) is 35.8. The van der Waals surface area contributed by atoms with Crippen LogP contribution in [0, 0.1) is 13.8 Å².